The highest BCUT2D eigenvalue weighted by Crippen LogP contribution is 2.47. The van der Waals surface area contributed by atoms with Crippen LogP contribution in [0.4, 0.5) is 4.79 Å². The van der Waals surface area contributed by atoms with E-state index in [1.165, 1.54) is 11.8 Å². The molecule has 2 rings (SSSR count). The van der Waals surface area contributed by atoms with E-state index in [1.807, 2.05) is 26.9 Å². The first-order chi connectivity index (χ1) is 13.9. The number of Topliss-reactive ketones (excluding diaryl/α,β-unsaturated/α-hetero) is 1. The van der Waals surface area contributed by atoms with Gasteiger partial charge in [-0.1, -0.05) is 13.8 Å². The molecule has 1 saturated heterocycles. The van der Waals surface area contributed by atoms with Crippen molar-refractivity contribution in [2.45, 2.75) is 76.6 Å². The molecule has 2 heterocycles. The number of nitrogens with zero attached hydrogens (tertiary/aromatic N) is 1. The molecule has 0 spiro atoms. The second-order valence-electron chi connectivity index (χ2n) is 9.19. The largest absolute Gasteiger partial charge is 0.459 e. The highest BCUT2D eigenvalue weighted by atomic mass is 28.4. The van der Waals surface area contributed by atoms with Gasteiger partial charge in [-0.05, 0) is 37.6 Å². The van der Waals surface area contributed by atoms with Crippen LogP contribution in [0.2, 0.25) is 18.1 Å². The smallest absolute Gasteiger partial charge is 0.323 e. The highest BCUT2D eigenvalue weighted by Gasteiger charge is 2.53. The number of amides is 2. The van der Waals surface area contributed by atoms with Gasteiger partial charge < -0.3 is 29.5 Å². The van der Waals surface area contributed by atoms with Gasteiger partial charge in [0.25, 0.3) is 0 Å². The van der Waals surface area contributed by atoms with Crippen LogP contribution in [0.25, 0.3) is 0 Å². The van der Waals surface area contributed by atoms with Crippen LogP contribution in [-0.4, -0.2) is 72.5 Å². The van der Waals surface area contributed by atoms with Crippen LogP contribution in [0.3, 0.4) is 0 Å². The lowest BCUT2D eigenvalue weighted by atomic mass is 9.89. The zero-order chi connectivity index (χ0) is 22.7. The lowest BCUT2D eigenvalue weighted by Crippen LogP contribution is -2.50. The molecule has 0 bridgehead atoms. The molecule has 1 fully saturated rings. The van der Waals surface area contributed by atoms with E-state index in [4.69, 9.17) is 9.47 Å². The van der Waals surface area contributed by atoms with Crippen molar-refractivity contribution < 1.29 is 33.8 Å². The first-order valence-corrected chi connectivity index (χ1v) is 13.2. The van der Waals surface area contributed by atoms with Gasteiger partial charge in [0.2, 0.25) is 0 Å². The lowest BCUT2D eigenvalue weighted by Gasteiger charge is -2.40. The number of hydrogen-bond donors (Lipinski definition) is 3. The van der Waals surface area contributed by atoms with E-state index in [-0.39, 0.29) is 24.7 Å². The average molecular weight is 443 g/mol. The number of nitrogens with one attached hydrogen (secondary N) is 1. The Bertz CT molecular complexity index is 689. The van der Waals surface area contributed by atoms with Crippen molar-refractivity contribution in [3.05, 3.63) is 12.3 Å². The molecular formula is C20H34N2O7Si. The van der Waals surface area contributed by atoms with Crippen molar-refractivity contribution in [1.29, 1.82) is 0 Å². The van der Waals surface area contributed by atoms with E-state index in [0.717, 1.165) is 0 Å². The summed E-state index contributed by atoms with van der Waals surface area (Å²) in [5, 5.41) is 12.1. The molecular weight excluding hydrogens is 408 g/mol. The Hall–Kier alpha value is -1.75. The maximum Gasteiger partial charge on any atom is 0.323 e. The summed E-state index contributed by atoms with van der Waals surface area (Å²) >= 11 is 0. The molecule has 4 atom stereocenters. The summed E-state index contributed by atoms with van der Waals surface area (Å²) in [4.78, 5) is 48.2. The average Bonchev–Trinajstić information content (AvgIpc) is 2.96. The first kappa shape index (κ1) is 24.5. The zero-order valence-electron chi connectivity index (χ0n) is 18.4. The summed E-state index contributed by atoms with van der Waals surface area (Å²) < 4.78 is 11.7. The number of ketones is 1. The fourth-order valence-corrected chi connectivity index (χ4v) is 4.33. The normalized spacial score (nSPS) is 27.2. The molecule has 170 valence electrons. The third-order valence-corrected chi connectivity index (χ3v) is 9.66. The van der Waals surface area contributed by atoms with Crippen LogP contribution in [0, 0.1) is 5.92 Å². The van der Waals surface area contributed by atoms with Crippen molar-refractivity contribution in [3.8, 4) is 0 Å². The van der Waals surface area contributed by atoms with E-state index in [0.29, 0.717) is 13.0 Å². The Morgan fingerprint density at radius 2 is 2.03 bits per heavy atom. The number of aliphatic hydroxyl groups is 1. The summed E-state index contributed by atoms with van der Waals surface area (Å²) in [7, 11) is -2.62. The zero-order valence-corrected chi connectivity index (χ0v) is 19.4. The summed E-state index contributed by atoms with van der Waals surface area (Å²) in [6, 6.07) is -0.342. The minimum Gasteiger partial charge on any atom is -0.459 e. The van der Waals surface area contributed by atoms with E-state index in [2.05, 4.69) is 5.32 Å². The van der Waals surface area contributed by atoms with Crippen LogP contribution in [0.5, 0.6) is 0 Å². The maximum absolute atomic E-state index is 12.4. The number of hydrogen-bond acceptors (Lipinski definition) is 7. The SMILES string of the molecule is CC(=O)CCC(=O)OC1C(CC(C)(C)[Si](C)(C)O)[C@H](N2C=CCNC2=O)O[C@@H]1CO. The molecule has 2 amide bonds. The number of rotatable bonds is 9. The number of carbonyl (C=O) groups is 3. The van der Waals surface area contributed by atoms with Crippen molar-refractivity contribution in [2.24, 2.45) is 5.92 Å². The predicted molar refractivity (Wildman–Crippen MR) is 112 cm³/mol. The maximum atomic E-state index is 12.4. The molecule has 0 saturated carbocycles. The molecule has 2 aliphatic rings. The number of aliphatic hydroxyl groups excluding tert-OH is 1. The topological polar surface area (TPSA) is 125 Å². The second kappa shape index (κ2) is 9.59. The monoisotopic (exact) mass is 442 g/mol. The van der Waals surface area contributed by atoms with Crippen LogP contribution < -0.4 is 5.32 Å². The number of carbonyl (C=O) groups excluding carboxylic acids is 3. The standard InChI is InChI=1S/C20H34N2O7Si/c1-13(24)7-8-16(25)29-17-14(11-20(2,3)30(4,5)27)18(28-15(17)12-23)22-10-6-9-21-19(22)26/h6,10,14-15,17-18,23,27H,7-9,11-12H2,1-5H3,(H,21,26)/t14?,15-,17?,18-/m1/s1. The van der Waals surface area contributed by atoms with E-state index < -0.39 is 50.3 Å². The molecule has 10 heteroatoms. The molecule has 3 N–H and O–H groups in total. The van der Waals surface area contributed by atoms with Crippen LogP contribution in [-0.2, 0) is 19.1 Å². The van der Waals surface area contributed by atoms with Gasteiger partial charge in [0.05, 0.1) is 13.0 Å². The van der Waals surface area contributed by atoms with Gasteiger partial charge in [-0.15, -0.1) is 0 Å². The molecule has 0 aromatic rings. The Morgan fingerprint density at radius 3 is 2.57 bits per heavy atom. The number of esters is 1. The van der Waals surface area contributed by atoms with Crippen molar-refractivity contribution >= 4 is 26.1 Å². The molecule has 0 aliphatic carbocycles. The quantitative estimate of drug-likeness (QED) is 0.365. The third-order valence-electron chi connectivity index (χ3n) is 6.15. The Balaban J connectivity index is 2.33. The predicted octanol–water partition coefficient (Wildman–Crippen LogP) is 1.51. The van der Waals surface area contributed by atoms with Crippen molar-refractivity contribution in [1.82, 2.24) is 10.2 Å². The Morgan fingerprint density at radius 1 is 1.37 bits per heavy atom. The summed E-state index contributed by atoms with van der Waals surface area (Å²) in [6.07, 6.45) is 1.45. The molecule has 2 aliphatic heterocycles. The summed E-state index contributed by atoms with van der Waals surface area (Å²) in [6.45, 7) is 8.98. The second-order valence-corrected chi connectivity index (χ2v) is 13.7. The fourth-order valence-electron chi connectivity index (χ4n) is 3.59. The number of urea groups is 1. The van der Waals surface area contributed by atoms with Gasteiger partial charge in [0.1, 0.15) is 24.2 Å². The summed E-state index contributed by atoms with van der Waals surface area (Å²) in [5.74, 6) is -1.14. The van der Waals surface area contributed by atoms with E-state index in [9.17, 15) is 24.3 Å². The number of ether oxygens (including phenoxy) is 2. The van der Waals surface area contributed by atoms with Gasteiger partial charge in [0, 0.05) is 25.1 Å². The van der Waals surface area contributed by atoms with Crippen LogP contribution in [0.1, 0.15) is 40.0 Å². The Labute approximate surface area is 178 Å². The van der Waals surface area contributed by atoms with E-state index in [1.54, 1.807) is 12.3 Å². The molecule has 0 aromatic carbocycles. The molecule has 2 unspecified atom stereocenters. The minimum atomic E-state index is -2.62. The van der Waals surface area contributed by atoms with Gasteiger partial charge >= 0.3 is 12.0 Å². The van der Waals surface area contributed by atoms with Gasteiger partial charge in [0.15, 0.2) is 8.32 Å². The molecule has 0 aromatic heterocycles. The van der Waals surface area contributed by atoms with Crippen LogP contribution in [0.15, 0.2) is 12.3 Å². The van der Waals surface area contributed by atoms with E-state index >= 15 is 0 Å². The van der Waals surface area contributed by atoms with Gasteiger partial charge in [-0.3, -0.25) is 9.69 Å². The lowest BCUT2D eigenvalue weighted by molar-refractivity contribution is -0.155. The molecule has 30 heavy (non-hydrogen) atoms. The Kier molecular flexibility index (Phi) is 7.83. The third kappa shape index (κ3) is 5.69. The molecule has 9 nitrogen and oxygen atoms in total. The minimum absolute atomic E-state index is 0.0604. The van der Waals surface area contributed by atoms with Crippen LogP contribution >= 0.6 is 0 Å². The first-order valence-electron chi connectivity index (χ1n) is 10.3. The fraction of sp³-hybridized carbons (Fsp3) is 0.750. The summed E-state index contributed by atoms with van der Waals surface area (Å²) in [5.41, 5.74) is 0. The van der Waals surface area contributed by atoms with Crippen molar-refractivity contribution in [3.63, 3.8) is 0 Å². The van der Waals surface area contributed by atoms with Gasteiger partial charge in [-0.2, -0.15) is 0 Å². The molecule has 0 radical (unpaired) electrons. The van der Waals surface area contributed by atoms with Gasteiger partial charge in [-0.25, -0.2) is 4.79 Å². The van der Waals surface area contributed by atoms with Crippen molar-refractivity contribution in [2.75, 3.05) is 13.2 Å². The highest BCUT2D eigenvalue weighted by molar-refractivity contribution is 6.72.